The summed E-state index contributed by atoms with van der Waals surface area (Å²) in [6, 6.07) is 0. The average Bonchev–Trinajstić information content (AvgIpc) is 2.63. The maximum atomic E-state index is 11.5. The highest BCUT2D eigenvalue weighted by Gasteiger charge is 2.28. The molecule has 0 bridgehead atoms. The first-order valence-corrected chi connectivity index (χ1v) is 12.5. The molecule has 0 fully saturated rings. The summed E-state index contributed by atoms with van der Waals surface area (Å²) in [5, 5.41) is 9.26. The molecule has 0 aromatic carbocycles. The van der Waals surface area contributed by atoms with Crippen LogP contribution in [0.3, 0.4) is 0 Å². The van der Waals surface area contributed by atoms with Gasteiger partial charge in [-0.25, -0.2) is 0 Å². The van der Waals surface area contributed by atoms with Crippen molar-refractivity contribution in [3.05, 3.63) is 0 Å². The van der Waals surface area contributed by atoms with Crippen molar-refractivity contribution in [3.63, 3.8) is 0 Å². The van der Waals surface area contributed by atoms with Crippen molar-refractivity contribution in [2.24, 2.45) is 5.73 Å². The van der Waals surface area contributed by atoms with Gasteiger partial charge in [-0.3, -0.25) is 4.57 Å². The maximum absolute atomic E-state index is 11.5. The van der Waals surface area contributed by atoms with Crippen LogP contribution < -0.4 is 5.73 Å². The van der Waals surface area contributed by atoms with Gasteiger partial charge >= 0.3 is 7.60 Å². The number of nitrogens with two attached hydrogens (primary N) is 1. The Labute approximate surface area is 161 Å². The van der Waals surface area contributed by atoms with Crippen molar-refractivity contribution in [2.45, 2.75) is 116 Å². The summed E-state index contributed by atoms with van der Waals surface area (Å²) in [4.78, 5) is 9.41. The van der Waals surface area contributed by atoms with Crippen LogP contribution in [0.15, 0.2) is 0 Å². The minimum Gasteiger partial charge on any atom is -0.379 e. The molecule has 0 saturated heterocycles. The molecule has 4 N–H and O–H groups in total. The van der Waals surface area contributed by atoms with Gasteiger partial charge in [-0.1, -0.05) is 103 Å². The van der Waals surface area contributed by atoms with Crippen LogP contribution in [0.2, 0.25) is 0 Å². The molecule has 0 rings (SSSR count). The van der Waals surface area contributed by atoms with Gasteiger partial charge in [0.1, 0.15) is 0 Å². The molecule has 0 heterocycles. The van der Waals surface area contributed by atoms with Crippen molar-refractivity contribution in [2.75, 3.05) is 13.2 Å². The Hall–Kier alpha value is 0.0700. The summed E-state index contributed by atoms with van der Waals surface area (Å²) in [6.07, 6.45) is 20.6. The second kappa shape index (κ2) is 18.4. The summed E-state index contributed by atoms with van der Waals surface area (Å²) in [5.41, 5.74) is 5.16. The van der Waals surface area contributed by atoms with E-state index in [1.54, 1.807) is 0 Å². The van der Waals surface area contributed by atoms with Crippen LogP contribution in [0.25, 0.3) is 0 Å². The first-order valence-electron chi connectivity index (χ1n) is 10.9. The van der Waals surface area contributed by atoms with Crippen molar-refractivity contribution in [1.29, 1.82) is 0 Å². The second-order valence-corrected chi connectivity index (χ2v) is 9.40. The fourth-order valence-corrected chi connectivity index (χ4v) is 3.89. The van der Waals surface area contributed by atoms with Crippen LogP contribution in [-0.2, 0) is 9.09 Å². The Balaban J connectivity index is 3.19. The van der Waals surface area contributed by atoms with E-state index < -0.39 is 13.4 Å². The lowest BCUT2D eigenvalue weighted by Crippen LogP contribution is -2.21. The fraction of sp³-hybridized carbons (Fsp3) is 1.00. The molecule has 0 spiro atoms. The lowest BCUT2D eigenvalue weighted by Gasteiger charge is -2.16. The van der Waals surface area contributed by atoms with E-state index in [0.29, 0.717) is 0 Å². The molecular weight excluding hydrogens is 349 g/mol. The predicted molar refractivity (Wildman–Crippen MR) is 110 cm³/mol. The zero-order valence-electron chi connectivity index (χ0n) is 17.0. The largest absolute Gasteiger partial charge is 0.379 e. The Morgan fingerprint density at radius 2 is 1.12 bits per heavy atom. The highest BCUT2D eigenvalue weighted by Crippen LogP contribution is 2.45. The van der Waals surface area contributed by atoms with Crippen molar-refractivity contribution >= 4 is 7.60 Å². The zero-order valence-corrected chi connectivity index (χ0v) is 17.9. The van der Waals surface area contributed by atoms with Crippen molar-refractivity contribution in [3.8, 4) is 0 Å². The highest BCUT2D eigenvalue weighted by atomic mass is 31.2. The normalized spacial score (nSPS) is 15.1. The van der Waals surface area contributed by atoms with E-state index in [1.807, 2.05) is 0 Å². The van der Waals surface area contributed by atoms with Gasteiger partial charge in [0.05, 0.1) is 6.61 Å². The third kappa shape index (κ3) is 16.3. The summed E-state index contributed by atoms with van der Waals surface area (Å²) in [6.45, 7) is 2.22. The van der Waals surface area contributed by atoms with E-state index in [-0.39, 0.29) is 13.2 Å². The number of hydrogen-bond acceptors (Lipinski definition) is 4. The molecule has 6 heteroatoms. The quantitative estimate of drug-likeness (QED) is 0.181. The predicted octanol–water partition coefficient (Wildman–Crippen LogP) is 5.73. The van der Waals surface area contributed by atoms with Gasteiger partial charge in [-0.2, -0.15) is 0 Å². The minimum atomic E-state index is -3.94. The Morgan fingerprint density at radius 1 is 0.769 bits per heavy atom. The van der Waals surface area contributed by atoms with Crippen molar-refractivity contribution < 1.29 is 19.1 Å². The molecule has 0 aromatic heterocycles. The van der Waals surface area contributed by atoms with E-state index >= 15 is 0 Å². The number of hydrogen-bond donors (Lipinski definition) is 3. The third-order valence-corrected chi connectivity index (χ3v) is 6.38. The molecule has 0 saturated carbocycles. The van der Waals surface area contributed by atoms with E-state index in [9.17, 15) is 14.6 Å². The van der Waals surface area contributed by atoms with Crippen LogP contribution in [0, 0.1) is 0 Å². The van der Waals surface area contributed by atoms with Gasteiger partial charge in [-0.05, 0) is 6.42 Å². The SMILES string of the molecule is CCCCCCCCCCCCCCCCCCOP(=O)(O)C(O)CN. The van der Waals surface area contributed by atoms with Crippen LogP contribution >= 0.6 is 7.60 Å². The number of aliphatic hydroxyl groups excluding tert-OH is 1. The first-order chi connectivity index (χ1) is 12.5. The van der Waals surface area contributed by atoms with Crippen LogP contribution in [0.1, 0.15) is 110 Å². The molecular formula is C20H44NO4P. The fourth-order valence-electron chi connectivity index (χ4n) is 3.06. The molecule has 26 heavy (non-hydrogen) atoms. The summed E-state index contributed by atoms with van der Waals surface area (Å²) >= 11 is 0. The topological polar surface area (TPSA) is 92.8 Å². The third-order valence-electron chi connectivity index (χ3n) is 4.86. The lowest BCUT2D eigenvalue weighted by molar-refractivity contribution is 0.173. The van der Waals surface area contributed by atoms with E-state index in [4.69, 9.17) is 10.3 Å². The standard InChI is InChI=1S/C20H44NO4P/c1-2-3-4-5-6-7-8-9-10-11-12-13-14-15-16-17-18-25-26(23,24)20(22)19-21/h20,22H,2-19,21H2,1H3,(H,23,24). The van der Waals surface area contributed by atoms with Gasteiger partial charge in [0, 0.05) is 6.54 Å². The molecule has 0 aliphatic carbocycles. The van der Waals surface area contributed by atoms with Gasteiger partial charge in [-0.15, -0.1) is 0 Å². The molecule has 0 radical (unpaired) electrons. The Kier molecular flexibility index (Phi) is 18.5. The van der Waals surface area contributed by atoms with E-state index in [2.05, 4.69) is 6.92 Å². The Bertz CT molecular complexity index is 342. The van der Waals surface area contributed by atoms with E-state index in [1.165, 1.54) is 83.5 Å². The zero-order chi connectivity index (χ0) is 19.5. The molecule has 2 atom stereocenters. The monoisotopic (exact) mass is 393 g/mol. The van der Waals surface area contributed by atoms with Crippen molar-refractivity contribution in [1.82, 2.24) is 0 Å². The van der Waals surface area contributed by atoms with E-state index in [0.717, 1.165) is 19.3 Å². The second-order valence-electron chi connectivity index (χ2n) is 7.42. The summed E-state index contributed by atoms with van der Waals surface area (Å²) in [7, 11) is -3.94. The smallest absolute Gasteiger partial charge is 0.357 e. The molecule has 158 valence electrons. The van der Waals surface area contributed by atoms with Gasteiger partial charge in [0.2, 0.25) is 0 Å². The van der Waals surface area contributed by atoms with Gasteiger partial charge < -0.3 is 20.3 Å². The first kappa shape index (κ1) is 26.1. The lowest BCUT2D eigenvalue weighted by atomic mass is 10.0. The molecule has 0 aliphatic heterocycles. The molecule has 0 amide bonds. The molecule has 0 aromatic rings. The summed E-state index contributed by atoms with van der Waals surface area (Å²) in [5.74, 6) is -1.47. The highest BCUT2D eigenvalue weighted by molar-refractivity contribution is 7.53. The number of rotatable bonds is 20. The average molecular weight is 394 g/mol. The molecule has 5 nitrogen and oxygen atoms in total. The minimum absolute atomic E-state index is 0.212. The van der Waals surface area contributed by atoms with Crippen LogP contribution in [0.4, 0.5) is 0 Å². The maximum Gasteiger partial charge on any atom is 0.357 e. The molecule has 0 aliphatic rings. The van der Waals surface area contributed by atoms with Crippen LogP contribution in [-0.4, -0.2) is 29.0 Å². The molecule has 2 unspecified atom stereocenters. The van der Waals surface area contributed by atoms with Gasteiger partial charge in [0.15, 0.2) is 5.85 Å². The van der Waals surface area contributed by atoms with Crippen LogP contribution in [0.5, 0.6) is 0 Å². The summed E-state index contributed by atoms with van der Waals surface area (Å²) < 4.78 is 16.4. The van der Waals surface area contributed by atoms with Gasteiger partial charge in [0.25, 0.3) is 0 Å². The Morgan fingerprint density at radius 3 is 1.46 bits per heavy atom. The number of unbranched alkanes of at least 4 members (excludes halogenated alkanes) is 15. The number of aliphatic hydroxyl groups is 1.